The van der Waals surface area contributed by atoms with E-state index in [4.69, 9.17) is 9.47 Å². The van der Waals surface area contributed by atoms with Crippen LogP contribution in [0.25, 0.3) is 6.08 Å². The monoisotopic (exact) mass is 367 g/mol. The lowest BCUT2D eigenvalue weighted by atomic mass is 10.1. The molecule has 0 aromatic heterocycles. The highest BCUT2D eigenvalue weighted by Crippen LogP contribution is 2.20. The van der Waals surface area contributed by atoms with Gasteiger partial charge in [0, 0.05) is 11.8 Å². The van der Waals surface area contributed by atoms with E-state index in [9.17, 15) is 9.59 Å². The first-order chi connectivity index (χ1) is 12.9. The second-order valence-electron chi connectivity index (χ2n) is 6.17. The van der Waals surface area contributed by atoms with Crippen LogP contribution >= 0.6 is 0 Å². The summed E-state index contributed by atoms with van der Waals surface area (Å²) in [6.45, 7) is 7.90. The minimum atomic E-state index is -0.901. The third-order valence-corrected chi connectivity index (χ3v) is 3.99. The smallest absolute Gasteiger partial charge is 0.331 e. The molecule has 1 N–H and O–H groups in total. The maximum Gasteiger partial charge on any atom is 0.331 e. The number of carbonyl (C=O) groups excluding carboxylic acids is 2. The Morgan fingerprint density at radius 3 is 2.30 bits per heavy atom. The summed E-state index contributed by atoms with van der Waals surface area (Å²) in [4.78, 5) is 24.3. The SMILES string of the molecule is CCOc1ccc(/C=C/C(=O)OC(C)C(=O)Nc2c(C)cccc2C)cc1. The van der Waals surface area contributed by atoms with Crippen LogP contribution in [0, 0.1) is 13.8 Å². The largest absolute Gasteiger partial charge is 0.494 e. The maximum absolute atomic E-state index is 12.3. The van der Waals surface area contributed by atoms with Gasteiger partial charge in [0.05, 0.1) is 6.61 Å². The molecule has 0 heterocycles. The maximum atomic E-state index is 12.3. The van der Waals surface area contributed by atoms with E-state index in [1.165, 1.54) is 6.08 Å². The molecule has 0 aliphatic heterocycles. The number of anilines is 1. The Hall–Kier alpha value is -3.08. The van der Waals surface area contributed by atoms with Crippen molar-refractivity contribution in [2.24, 2.45) is 0 Å². The van der Waals surface area contributed by atoms with Gasteiger partial charge in [-0.1, -0.05) is 30.3 Å². The van der Waals surface area contributed by atoms with Crippen molar-refractivity contribution in [3.63, 3.8) is 0 Å². The topological polar surface area (TPSA) is 64.6 Å². The number of aryl methyl sites for hydroxylation is 2. The van der Waals surface area contributed by atoms with E-state index in [0.29, 0.717) is 6.61 Å². The molecule has 0 saturated carbocycles. The van der Waals surface area contributed by atoms with Crippen molar-refractivity contribution < 1.29 is 19.1 Å². The van der Waals surface area contributed by atoms with Gasteiger partial charge in [-0.05, 0) is 62.6 Å². The highest BCUT2D eigenvalue weighted by Gasteiger charge is 2.18. The Bertz CT molecular complexity index is 804. The van der Waals surface area contributed by atoms with E-state index in [0.717, 1.165) is 28.1 Å². The molecule has 142 valence electrons. The highest BCUT2D eigenvalue weighted by atomic mass is 16.5. The number of carbonyl (C=O) groups is 2. The Labute approximate surface area is 160 Å². The minimum Gasteiger partial charge on any atom is -0.494 e. The van der Waals surface area contributed by atoms with Crippen molar-refractivity contribution >= 4 is 23.6 Å². The molecular formula is C22H25NO4. The predicted molar refractivity (Wildman–Crippen MR) is 107 cm³/mol. The number of ether oxygens (including phenoxy) is 2. The van der Waals surface area contributed by atoms with Crippen LogP contribution in [-0.4, -0.2) is 24.6 Å². The number of esters is 1. The van der Waals surface area contributed by atoms with Crippen LogP contribution in [0.15, 0.2) is 48.5 Å². The van der Waals surface area contributed by atoms with Gasteiger partial charge in [-0.3, -0.25) is 4.79 Å². The van der Waals surface area contributed by atoms with E-state index in [1.54, 1.807) is 13.0 Å². The average Bonchev–Trinajstić information content (AvgIpc) is 2.64. The second-order valence-corrected chi connectivity index (χ2v) is 6.17. The van der Waals surface area contributed by atoms with Gasteiger partial charge in [-0.25, -0.2) is 4.79 Å². The Morgan fingerprint density at radius 1 is 1.07 bits per heavy atom. The summed E-state index contributed by atoms with van der Waals surface area (Å²) in [5.41, 5.74) is 3.49. The Morgan fingerprint density at radius 2 is 1.70 bits per heavy atom. The van der Waals surface area contributed by atoms with E-state index >= 15 is 0 Å². The van der Waals surface area contributed by atoms with Gasteiger partial charge in [-0.2, -0.15) is 0 Å². The fourth-order valence-corrected chi connectivity index (χ4v) is 2.51. The molecule has 0 spiro atoms. The van der Waals surface area contributed by atoms with Crippen LogP contribution in [-0.2, 0) is 14.3 Å². The Balaban J connectivity index is 1.91. The second kappa shape index (κ2) is 9.57. The summed E-state index contributed by atoms with van der Waals surface area (Å²) in [7, 11) is 0. The number of nitrogens with one attached hydrogen (secondary N) is 1. The number of para-hydroxylation sites is 1. The fraction of sp³-hybridized carbons (Fsp3) is 0.273. The van der Waals surface area contributed by atoms with Gasteiger partial charge in [0.15, 0.2) is 6.10 Å². The summed E-state index contributed by atoms with van der Waals surface area (Å²) in [5, 5.41) is 2.82. The normalized spacial score (nSPS) is 11.9. The van der Waals surface area contributed by atoms with Gasteiger partial charge >= 0.3 is 5.97 Å². The molecule has 1 amide bonds. The van der Waals surface area contributed by atoms with E-state index < -0.39 is 12.1 Å². The third-order valence-electron chi connectivity index (χ3n) is 3.99. The molecule has 1 unspecified atom stereocenters. The molecule has 0 fully saturated rings. The lowest BCUT2D eigenvalue weighted by Crippen LogP contribution is -2.30. The van der Waals surface area contributed by atoms with Crippen molar-refractivity contribution in [3.8, 4) is 5.75 Å². The average molecular weight is 367 g/mol. The zero-order valence-corrected chi connectivity index (χ0v) is 16.1. The predicted octanol–water partition coefficient (Wildman–Crippen LogP) is 4.29. The summed E-state index contributed by atoms with van der Waals surface area (Å²) >= 11 is 0. The summed E-state index contributed by atoms with van der Waals surface area (Å²) < 4.78 is 10.6. The van der Waals surface area contributed by atoms with Crippen LogP contribution in [0.4, 0.5) is 5.69 Å². The zero-order valence-electron chi connectivity index (χ0n) is 16.1. The molecule has 1 atom stereocenters. The molecule has 2 rings (SSSR count). The van der Waals surface area contributed by atoms with Crippen LogP contribution in [0.5, 0.6) is 5.75 Å². The third kappa shape index (κ3) is 5.99. The number of hydrogen-bond acceptors (Lipinski definition) is 4. The molecule has 0 radical (unpaired) electrons. The first kappa shape index (κ1) is 20.2. The van der Waals surface area contributed by atoms with Crippen molar-refractivity contribution in [1.82, 2.24) is 0 Å². The van der Waals surface area contributed by atoms with E-state index in [2.05, 4.69) is 5.32 Å². The molecule has 0 saturated heterocycles. The van der Waals surface area contributed by atoms with Gasteiger partial charge < -0.3 is 14.8 Å². The molecule has 5 nitrogen and oxygen atoms in total. The molecule has 0 aliphatic carbocycles. The van der Waals surface area contributed by atoms with Gasteiger partial charge in [0.25, 0.3) is 5.91 Å². The van der Waals surface area contributed by atoms with Crippen LogP contribution < -0.4 is 10.1 Å². The molecule has 2 aromatic rings. The number of rotatable bonds is 7. The Kier molecular flexibility index (Phi) is 7.17. The zero-order chi connectivity index (χ0) is 19.8. The van der Waals surface area contributed by atoms with Gasteiger partial charge in [0.1, 0.15) is 5.75 Å². The van der Waals surface area contributed by atoms with Crippen LogP contribution in [0.1, 0.15) is 30.5 Å². The molecular weight excluding hydrogens is 342 g/mol. The van der Waals surface area contributed by atoms with E-state index in [1.807, 2.05) is 63.2 Å². The van der Waals surface area contributed by atoms with Crippen molar-refractivity contribution in [3.05, 3.63) is 65.2 Å². The quantitative estimate of drug-likeness (QED) is 0.586. The summed E-state index contributed by atoms with van der Waals surface area (Å²) in [6, 6.07) is 13.1. The highest BCUT2D eigenvalue weighted by molar-refractivity contribution is 5.97. The molecule has 0 bridgehead atoms. The molecule has 5 heteroatoms. The lowest BCUT2D eigenvalue weighted by Gasteiger charge is -2.15. The van der Waals surface area contributed by atoms with Crippen LogP contribution in [0.3, 0.4) is 0 Å². The minimum absolute atomic E-state index is 0.366. The molecule has 2 aromatic carbocycles. The molecule has 27 heavy (non-hydrogen) atoms. The first-order valence-corrected chi connectivity index (χ1v) is 8.89. The van der Waals surface area contributed by atoms with E-state index in [-0.39, 0.29) is 5.91 Å². The first-order valence-electron chi connectivity index (χ1n) is 8.89. The van der Waals surface area contributed by atoms with Crippen molar-refractivity contribution in [2.75, 3.05) is 11.9 Å². The summed E-state index contributed by atoms with van der Waals surface area (Å²) in [5.74, 6) is -0.169. The number of benzene rings is 2. The van der Waals surface area contributed by atoms with Gasteiger partial charge in [0.2, 0.25) is 0 Å². The van der Waals surface area contributed by atoms with Gasteiger partial charge in [-0.15, -0.1) is 0 Å². The standard InChI is InChI=1S/C22H25NO4/c1-5-26-19-12-9-18(10-13-19)11-14-20(24)27-17(4)22(25)23-21-15(2)7-6-8-16(21)3/h6-14,17H,5H2,1-4H3,(H,23,25)/b14-11+. The molecule has 0 aliphatic rings. The number of hydrogen-bond donors (Lipinski definition) is 1. The fourth-order valence-electron chi connectivity index (χ4n) is 2.51. The van der Waals surface area contributed by atoms with Crippen LogP contribution in [0.2, 0.25) is 0 Å². The summed E-state index contributed by atoms with van der Waals surface area (Å²) in [6.07, 6.45) is 2.04. The number of amides is 1. The lowest BCUT2D eigenvalue weighted by molar-refractivity contribution is -0.148. The van der Waals surface area contributed by atoms with Crippen molar-refractivity contribution in [2.45, 2.75) is 33.8 Å². The van der Waals surface area contributed by atoms with Crippen molar-refractivity contribution in [1.29, 1.82) is 0 Å².